The summed E-state index contributed by atoms with van der Waals surface area (Å²) in [6, 6.07) is 21.0. The van der Waals surface area contributed by atoms with Gasteiger partial charge in [0.1, 0.15) is 24.1 Å². The van der Waals surface area contributed by atoms with E-state index in [1.807, 2.05) is 66.7 Å². The van der Waals surface area contributed by atoms with Crippen LogP contribution in [0.1, 0.15) is 36.7 Å². The molecule has 9 N–H and O–H groups in total. The van der Waals surface area contributed by atoms with E-state index in [0.717, 1.165) is 22.5 Å². The lowest BCUT2D eigenvalue weighted by Crippen LogP contribution is -2.41. The van der Waals surface area contributed by atoms with Gasteiger partial charge in [0.2, 0.25) is 5.91 Å². The molecule has 3 aromatic heterocycles. The average molecular weight is 641 g/mol. The van der Waals surface area contributed by atoms with E-state index >= 15 is 0 Å². The van der Waals surface area contributed by atoms with Crippen LogP contribution in [0.15, 0.2) is 79.4 Å². The molecule has 1 aliphatic heterocycles. The first kappa shape index (κ1) is 32.2. The topological polar surface area (TPSA) is 215 Å². The highest BCUT2D eigenvalue weighted by molar-refractivity contribution is 5.81. The number of anilines is 1. The molecule has 14 heteroatoms. The number of hydrogen-bond donors (Lipinski definition) is 7. The highest BCUT2D eigenvalue weighted by Gasteiger charge is 2.45. The first-order valence-corrected chi connectivity index (χ1v) is 15.7. The van der Waals surface area contributed by atoms with E-state index in [1.165, 1.54) is 12.7 Å². The zero-order chi connectivity index (χ0) is 32.8. The van der Waals surface area contributed by atoms with E-state index in [0.29, 0.717) is 43.5 Å². The minimum atomic E-state index is -1.22. The van der Waals surface area contributed by atoms with Crippen LogP contribution in [0.2, 0.25) is 0 Å². The number of ether oxygens (including phenoxy) is 1. The summed E-state index contributed by atoms with van der Waals surface area (Å²) in [5.74, 6) is -0.0794. The van der Waals surface area contributed by atoms with E-state index in [9.17, 15) is 15.0 Å². The lowest BCUT2D eigenvalue weighted by atomic mass is 9.91. The van der Waals surface area contributed by atoms with Gasteiger partial charge in [-0.1, -0.05) is 60.7 Å². The number of nitrogens with zero attached hydrogens (tertiary/aromatic N) is 5. The van der Waals surface area contributed by atoms with Gasteiger partial charge in [-0.2, -0.15) is 5.10 Å². The zero-order valence-corrected chi connectivity index (χ0v) is 25.8. The van der Waals surface area contributed by atoms with Gasteiger partial charge in [0.05, 0.1) is 36.4 Å². The molecule has 47 heavy (non-hydrogen) atoms. The molecule has 1 fully saturated rings. The van der Waals surface area contributed by atoms with E-state index < -0.39 is 30.6 Å². The molecule has 0 bridgehead atoms. The summed E-state index contributed by atoms with van der Waals surface area (Å²) in [6.07, 6.45) is 0.249. The normalized spacial score (nSPS) is 20.7. The molecular formula is C33H40N10O4. The molecule has 0 saturated carbocycles. The van der Waals surface area contributed by atoms with Gasteiger partial charge in [-0.25, -0.2) is 15.0 Å². The Morgan fingerprint density at radius 3 is 2.55 bits per heavy atom. The second-order valence-electron chi connectivity index (χ2n) is 11.9. The quantitative estimate of drug-likeness (QED) is 0.0926. The van der Waals surface area contributed by atoms with Gasteiger partial charge in [-0.05, 0) is 43.4 Å². The van der Waals surface area contributed by atoms with Gasteiger partial charge in [-0.3, -0.25) is 14.5 Å². The molecule has 6 atom stereocenters. The Morgan fingerprint density at radius 1 is 1.00 bits per heavy atom. The molecule has 5 aromatic rings. The number of nitrogen functional groups attached to an aromatic ring is 1. The van der Waals surface area contributed by atoms with Crippen molar-refractivity contribution in [2.24, 2.45) is 11.7 Å². The number of carbonyl (C=O) groups excluding carboxylic acids is 1. The van der Waals surface area contributed by atoms with Gasteiger partial charge < -0.3 is 37.1 Å². The Kier molecular flexibility index (Phi) is 10.1. The van der Waals surface area contributed by atoms with Crippen molar-refractivity contribution in [3.05, 3.63) is 90.6 Å². The molecule has 6 rings (SSSR count). The smallest absolute Gasteiger partial charge is 0.237 e. The summed E-state index contributed by atoms with van der Waals surface area (Å²) in [5.41, 5.74) is 16.8. The van der Waals surface area contributed by atoms with Crippen LogP contribution in [0.4, 0.5) is 5.82 Å². The number of aliphatic hydroxyl groups is 2. The predicted molar refractivity (Wildman–Crippen MR) is 175 cm³/mol. The number of benzene rings is 2. The van der Waals surface area contributed by atoms with Crippen LogP contribution < -0.4 is 22.1 Å². The Balaban J connectivity index is 1.07. The minimum absolute atomic E-state index is 0.0262. The lowest BCUT2D eigenvalue weighted by Gasteiger charge is -2.24. The number of aromatic nitrogens is 6. The Hall–Kier alpha value is -4.73. The maximum atomic E-state index is 12.9. The van der Waals surface area contributed by atoms with Crippen molar-refractivity contribution in [2.45, 2.75) is 62.9 Å². The van der Waals surface area contributed by atoms with Crippen LogP contribution in [-0.4, -0.2) is 76.7 Å². The maximum absolute atomic E-state index is 12.9. The van der Waals surface area contributed by atoms with Gasteiger partial charge in [0.25, 0.3) is 0 Å². The molecule has 1 amide bonds. The highest BCUT2D eigenvalue weighted by Crippen LogP contribution is 2.35. The number of nitrogens with two attached hydrogens (primary N) is 2. The summed E-state index contributed by atoms with van der Waals surface area (Å²) in [6.45, 7) is 1.51. The monoisotopic (exact) mass is 640 g/mol. The minimum Gasteiger partial charge on any atom is -0.388 e. The van der Waals surface area contributed by atoms with Gasteiger partial charge in [0, 0.05) is 12.1 Å². The van der Waals surface area contributed by atoms with Crippen molar-refractivity contribution >= 4 is 22.9 Å². The lowest BCUT2D eigenvalue weighted by molar-refractivity contribution is -0.122. The second kappa shape index (κ2) is 14.8. The molecule has 4 heterocycles. The second-order valence-corrected chi connectivity index (χ2v) is 11.9. The Labute approximate surface area is 271 Å². The van der Waals surface area contributed by atoms with Gasteiger partial charge in [0.15, 0.2) is 17.7 Å². The average Bonchev–Trinajstić information content (AvgIpc) is 3.82. The maximum Gasteiger partial charge on any atom is 0.237 e. The van der Waals surface area contributed by atoms with Crippen LogP contribution in [-0.2, 0) is 22.6 Å². The third-order valence-corrected chi connectivity index (χ3v) is 8.55. The first-order chi connectivity index (χ1) is 22.9. The fourth-order valence-corrected chi connectivity index (χ4v) is 5.93. The molecule has 0 spiro atoms. The van der Waals surface area contributed by atoms with E-state index in [1.54, 1.807) is 4.57 Å². The van der Waals surface area contributed by atoms with Crippen LogP contribution in [0.5, 0.6) is 0 Å². The number of carbonyl (C=O) groups is 1. The summed E-state index contributed by atoms with van der Waals surface area (Å²) in [4.78, 5) is 25.4. The number of aromatic amines is 1. The van der Waals surface area contributed by atoms with Crippen molar-refractivity contribution in [3.8, 4) is 11.3 Å². The standard InChI is InChI=1S/C33H40N10O4/c34-24(32(46)37-17-23-14-25(42-41-23)22-9-5-2-6-10-22)12-11-21(16-36-15-20-7-3-1-4-8-20)13-26-28(44)29(45)33(47-26)43-19-40-27-30(35)38-18-39-31(27)43/h1-10,14,18-19,21,24,26,28-29,33,36,44-45H,11-13,15-17,34H2,(H,37,46)(H,41,42)(H2,35,38,39)/t21-,24-,26+,28?,29?,33+/m0/s1. The number of amides is 1. The van der Waals surface area contributed by atoms with E-state index in [2.05, 4.69) is 35.8 Å². The number of fused-ring (bicyclic) bond motifs is 1. The molecule has 1 saturated heterocycles. The van der Waals surface area contributed by atoms with Crippen molar-refractivity contribution in [2.75, 3.05) is 12.3 Å². The summed E-state index contributed by atoms with van der Waals surface area (Å²) >= 11 is 0. The SMILES string of the molecule is Nc1ncnc2c1ncn2[C@@H]1O[C@H](C[C@H](CC[C@H](N)C(=O)NCc2cc(-c3ccccc3)n[nH]2)CNCc2ccccc2)C(O)C1O. The number of rotatable bonds is 14. The van der Waals surface area contributed by atoms with Gasteiger partial charge in [-0.15, -0.1) is 0 Å². The Morgan fingerprint density at radius 2 is 1.77 bits per heavy atom. The third kappa shape index (κ3) is 7.64. The Bertz CT molecular complexity index is 1750. The molecule has 2 aromatic carbocycles. The molecule has 1 aliphatic rings. The van der Waals surface area contributed by atoms with Gasteiger partial charge >= 0.3 is 0 Å². The van der Waals surface area contributed by atoms with Crippen LogP contribution in [0.3, 0.4) is 0 Å². The van der Waals surface area contributed by atoms with Crippen molar-refractivity contribution in [3.63, 3.8) is 0 Å². The summed E-state index contributed by atoms with van der Waals surface area (Å²) in [7, 11) is 0. The predicted octanol–water partition coefficient (Wildman–Crippen LogP) is 1.64. The molecule has 14 nitrogen and oxygen atoms in total. The first-order valence-electron chi connectivity index (χ1n) is 15.7. The van der Waals surface area contributed by atoms with Crippen molar-refractivity contribution < 1.29 is 19.7 Å². The third-order valence-electron chi connectivity index (χ3n) is 8.55. The van der Waals surface area contributed by atoms with Crippen molar-refractivity contribution in [1.29, 1.82) is 0 Å². The number of hydrogen-bond acceptors (Lipinski definition) is 11. The zero-order valence-electron chi connectivity index (χ0n) is 25.8. The molecule has 2 unspecified atom stereocenters. The fourth-order valence-electron chi connectivity index (χ4n) is 5.93. The largest absolute Gasteiger partial charge is 0.388 e. The summed E-state index contributed by atoms with van der Waals surface area (Å²) < 4.78 is 7.79. The van der Waals surface area contributed by atoms with Crippen LogP contribution in [0.25, 0.3) is 22.4 Å². The summed E-state index contributed by atoms with van der Waals surface area (Å²) in [5, 5.41) is 35.7. The number of H-pyrrole nitrogens is 1. The number of aliphatic hydroxyl groups excluding tert-OH is 2. The fraction of sp³-hybridized carbons (Fsp3) is 0.364. The molecule has 0 radical (unpaired) electrons. The van der Waals surface area contributed by atoms with E-state index in [-0.39, 0.29) is 24.2 Å². The molecule has 0 aliphatic carbocycles. The van der Waals surface area contributed by atoms with Crippen molar-refractivity contribution in [1.82, 2.24) is 40.3 Å². The van der Waals surface area contributed by atoms with Crippen LogP contribution >= 0.6 is 0 Å². The van der Waals surface area contributed by atoms with Crippen LogP contribution in [0, 0.1) is 5.92 Å². The van der Waals surface area contributed by atoms with E-state index in [4.69, 9.17) is 16.2 Å². The number of nitrogens with one attached hydrogen (secondary N) is 3. The molecular weight excluding hydrogens is 600 g/mol. The highest BCUT2D eigenvalue weighted by atomic mass is 16.6. The molecule has 246 valence electrons. The number of imidazole rings is 1.